The molecule has 2 nitrogen and oxygen atoms in total. The van der Waals surface area contributed by atoms with Crippen LogP contribution in [0.15, 0.2) is 18.2 Å². The lowest BCUT2D eigenvalue weighted by molar-refractivity contribution is 0.0608. The molecule has 1 fully saturated rings. The van der Waals surface area contributed by atoms with Gasteiger partial charge in [0.15, 0.2) is 0 Å². The number of piperidine rings is 1. The van der Waals surface area contributed by atoms with Crippen LogP contribution in [0.4, 0.5) is 0 Å². The summed E-state index contributed by atoms with van der Waals surface area (Å²) in [5.74, 6) is 0.132. The Hall–Kier alpha value is -1.02. The van der Waals surface area contributed by atoms with Crippen LogP contribution in [0.25, 0.3) is 0 Å². The average molecular weight is 266 g/mol. The third kappa shape index (κ3) is 2.86. The lowest BCUT2D eigenvalue weighted by Gasteiger charge is -2.35. The van der Waals surface area contributed by atoms with Gasteiger partial charge < -0.3 is 4.90 Å². The topological polar surface area (TPSA) is 20.3 Å². The van der Waals surface area contributed by atoms with Gasteiger partial charge in [0.25, 0.3) is 5.91 Å². The van der Waals surface area contributed by atoms with Gasteiger partial charge in [-0.15, -0.1) is 0 Å². The van der Waals surface area contributed by atoms with E-state index in [1.165, 1.54) is 6.42 Å². The molecule has 1 saturated heterocycles. The summed E-state index contributed by atoms with van der Waals surface area (Å²) in [6.07, 6.45) is 4.51. The van der Waals surface area contributed by atoms with Crippen molar-refractivity contribution in [3.05, 3.63) is 34.3 Å². The van der Waals surface area contributed by atoms with Crippen molar-refractivity contribution in [2.75, 3.05) is 6.54 Å². The summed E-state index contributed by atoms with van der Waals surface area (Å²) in [5.41, 5.74) is 1.76. The van der Waals surface area contributed by atoms with Gasteiger partial charge in [-0.05, 0) is 56.4 Å². The molecular weight excluding hydrogens is 246 g/mol. The molecule has 2 rings (SSSR count). The van der Waals surface area contributed by atoms with E-state index < -0.39 is 0 Å². The standard InChI is InChI=1S/C15H20ClNO/c1-3-14-6-4-5-7-17(14)15(18)12-8-11(2)9-13(16)10-12/h8-10,14H,3-7H2,1-2H3. The van der Waals surface area contributed by atoms with E-state index in [4.69, 9.17) is 11.6 Å². The maximum atomic E-state index is 12.5. The number of aryl methyl sites for hydroxylation is 1. The molecule has 0 aromatic heterocycles. The van der Waals surface area contributed by atoms with E-state index in [0.717, 1.165) is 36.9 Å². The maximum absolute atomic E-state index is 12.5. The molecule has 3 heteroatoms. The number of hydrogen-bond donors (Lipinski definition) is 0. The Morgan fingerprint density at radius 1 is 1.39 bits per heavy atom. The second-order valence-electron chi connectivity index (χ2n) is 5.07. The zero-order valence-electron chi connectivity index (χ0n) is 11.1. The fourth-order valence-corrected chi connectivity index (χ4v) is 3.01. The number of benzene rings is 1. The third-order valence-corrected chi connectivity index (χ3v) is 3.87. The fourth-order valence-electron chi connectivity index (χ4n) is 2.72. The van der Waals surface area contributed by atoms with E-state index in [9.17, 15) is 4.79 Å². The van der Waals surface area contributed by atoms with Crippen molar-refractivity contribution in [3.8, 4) is 0 Å². The zero-order valence-corrected chi connectivity index (χ0v) is 11.8. The van der Waals surface area contributed by atoms with E-state index in [1.54, 1.807) is 6.07 Å². The molecular formula is C15H20ClNO. The smallest absolute Gasteiger partial charge is 0.254 e. The van der Waals surface area contributed by atoms with Crippen molar-refractivity contribution in [3.63, 3.8) is 0 Å². The zero-order chi connectivity index (χ0) is 13.1. The van der Waals surface area contributed by atoms with E-state index in [1.807, 2.05) is 24.0 Å². The number of halogens is 1. The van der Waals surface area contributed by atoms with E-state index in [0.29, 0.717) is 11.1 Å². The highest BCUT2D eigenvalue weighted by Gasteiger charge is 2.26. The van der Waals surface area contributed by atoms with Crippen molar-refractivity contribution in [1.29, 1.82) is 0 Å². The van der Waals surface area contributed by atoms with Crippen LogP contribution < -0.4 is 0 Å². The maximum Gasteiger partial charge on any atom is 0.254 e. The van der Waals surface area contributed by atoms with Crippen LogP contribution in [0, 0.1) is 6.92 Å². The number of carbonyl (C=O) groups excluding carboxylic acids is 1. The molecule has 1 heterocycles. The van der Waals surface area contributed by atoms with Gasteiger partial charge in [0.05, 0.1) is 0 Å². The van der Waals surface area contributed by atoms with Gasteiger partial charge in [0, 0.05) is 23.2 Å². The number of hydrogen-bond acceptors (Lipinski definition) is 1. The summed E-state index contributed by atoms with van der Waals surface area (Å²) in [5, 5.41) is 0.642. The molecule has 0 aliphatic carbocycles. The minimum atomic E-state index is 0.132. The Balaban J connectivity index is 2.23. The molecule has 1 unspecified atom stereocenters. The molecule has 0 bridgehead atoms. The van der Waals surface area contributed by atoms with Gasteiger partial charge in [-0.1, -0.05) is 18.5 Å². The summed E-state index contributed by atoms with van der Waals surface area (Å²) < 4.78 is 0. The van der Waals surface area contributed by atoms with E-state index in [-0.39, 0.29) is 5.91 Å². The molecule has 0 saturated carbocycles. The number of nitrogens with zero attached hydrogens (tertiary/aromatic N) is 1. The molecule has 18 heavy (non-hydrogen) atoms. The first-order valence-corrected chi connectivity index (χ1v) is 7.07. The van der Waals surface area contributed by atoms with Gasteiger partial charge in [-0.3, -0.25) is 4.79 Å². The second-order valence-corrected chi connectivity index (χ2v) is 5.51. The predicted octanol–water partition coefficient (Wildman–Crippen LogP) is 4.05. The molecule has 1 aromatic rings. The molecule has 98 valence electrons. The van der Waals surface area contributed by atoms with E-state index >= 15 is 0 Å². The van der Waals surface area contributed by atoms with E-state index in [2.05, 4.69) is 6.92 Å². The van der Waals surface area contributed by atoms with Crippen LogP contribution >= 0.6 is 11.6 Å². The molecule has 1 aliphatic heterocycles. The fraction of sp³-hybridized carbons (Fsp3) is 0.533. The lowest BCUT2D eigenvalue weighted by Crippen LogP contribution is -2.43. The minimum absolute atomic E-state index is 0.132. The predicted molar refractivity (Wildman–Crippen MR) is 75.2 cm³/mol. The van der Waals surface area contributed by atoms with Gasteiger partial charge in [0.1, 0.15) is 0 Å². The molecule has 1 atom stereocenters. The molecule has 0 radical (unpaired) electrons. The van der Waals surface area contributed by atoms with Crippen LogP contribution in [0.3, 0.4) is 0 Å². The second kappa shape index (κ2) is 5.75. The van der Waals surface area contributed by atoms with Crippen molar-refractivity contribution in [2.45, 2.75) is 45.6 Å². The monoisotopic (exact) mass is 265 g/mol. The molecule has 1 aliphatic rings. The molecule has 1 amide bonds. The van der Waals surface area contributed by atoms with Crippen molar-refractivity contribution >= 4 is 17.5 Å². The van der Waals surface area contributed by atoms with Crippen molar-refractivity contribution < 1.29 is 4.79 Å². The molecule has 0 spiro atoms. The summed E-state index contributed by atoms with van der Waals surface area (Å²) in [6, 6.07) is 5.98. The van der Waals surface area contributed by atoms with Gasteiger partial charge in [0.2, 0.25) is 0 Å². The first-order chi connectivity index (χ1) is 8.61. The highest BCUT2D eigenvalue weighted by atomic mass is 35.5. The average Bonchev–Trinajstić information content (AvgIpc) is 2.36. The number of likely N-dealkylation sites (tertiary alicyclic amines) is 1. The summed E-state index contributed by atoms with van der Waals surface area (Å²) in [4.78, 5) is 14.6. The minimum Gasteiger partial charge on any atom is -0.336 e. The molecule has 1 aromatic carbocycles. The first kappa shape index (κ1) is 13.4. The first-order valence-electron chi connectivity index (χ1n) is 6.70. The Bertz CT molecular complexity index is 424. The SMILES string of the molecule is CCC1CCCCN1C(=O)c1cc(C)cc(Cl)c1. The quantitative estimate of drug-likeness (QED) is 0.790. The van der Waals surface area contributed by atoms with Crippen molar-refractivity contribution in [1.82, 2.24) is 4.90 Å². The normalized spacial score (nSPS) is 19.9. The summed E-state index contributed by atoms with van der Waals surface area (Å²) in [7, 11) is 0. The van der Waals surface area contributed by atoms with Crippen molar-refractivity contribution in [2.24, 2.45) is 0 Å². The van der Waals surface area contributed by atoms with Gasteiger partial charge >= 0.3 is 0 Å². The van der Waals surface area contributed by atoms with Crippen LogP contribution in [0.5, 0.6) is 0 Å². The third-order valence-electron chi connectivity index (χ3n) is 3.65. The number of amides is 1. The Labute approximate surface area is 114 Å². The van der Waals surface area contributed by atoms with Gasteiger partial charge in [-0.25, -0.2) is 0 Å². The lowest BCUT2D eigenvalue weighted by atomic mass is 9.98. The number of rotatable bonds is 2. The van der Waals surface area contributed by atoms with Crippen LogP contribution in [0.2, 0.25) is 5.02 Å². The van der Waals surface area contributed by atoms with Gasteiger partial charge in [-0.2, -0.15) is 0 Å². The largest absolute Gasteiger partial charge is 0.336 e. The van der Waals surface area contributed by atoms with Crippen LogP contribution in [-0.4, -0.2) is 23.4 Å². The van der Waals surface area contributed by atoms with Crippen LogP contribution in [0.1, 0.15) is 48.5 Å². The number of carbonyl (C=O) groups is 1. The molecule has 0 N–H and O–H groups in total. The summed E-state index contributed by atoms with van der Waals surface area (Å²) >= 11 is 6.03. The highest BCUT2D eigenvalue weighted by molar-refractivity contribution is 6.31. The Morgan fingerprint density at radius 3 is 2.83 bits per heavy atom. The highest BCUT2D eigenvalue weighted by Crippen LogP contribution is 2.23. The Kier molecular flexibility index (Phi) is 4.28. The van der Waals surface area contributed by atoms with Crippen LogP contribution in [-0.2, 0) is 0 Å². The summed E-state index contributed by atoms with van der Waals surface area (Å²) in [6.45, 7) is 5.00. The Morgan fingerprint density at radius 2 is 2.17 bits per heavy atom.